The maximum atomic E-state index is 10.8. The standard InChI is InChI=1S/C14H26O6/c1-2-3-4-5-6-7-8-9-10-11-12-18-14(17)20-19-13(15)16/h2-12H2,1H3,(H,15,16). The number of unbranched alkanes of at least 4 members (excludes halogenated alkanes) is 9. The van der Waals surface area contributed by atoms with Crippen LogP contribution in [-0.4, -0.2) is 24.0 Å². The molecule has 0 aliphatic rings. The molecule has 0 aromatic heterocycles. The minimum atomic E-state index is -1.68. The summed E-state index contributed by atoms with van der Waals surface area (Å²) in [5.74, 6) is 0. The number of carbonyl (C=O) groups is 2. The van der Waals surface area contributed by atoms with Crippen molar-refractivity contribution in [2.24, 2.45) is 0 Å². The van der Waals surface area contributed by atoms with Gasteiger partial charge >= 0.3 is 12.3 Å². The number of carbonyl (C=O) groups excluding carboxylic acids is 1. The topological polar surface area (TPSA) is 82.1 Å². The monoisotopic (exact) mass is 290 g/mol. The largest absolute Gasteiger partial charge is 0.549 e. The summed E-state index contributed by atoms with van der Waals surface area (Å²) in [5, 5.41) is 8.07. The molecule has 1 N–H and O–H groups in total. The molecule has 0 saturated carbocycles. The van der Waals surface area contributed by atoms with Gasteiger partial charge in [-0.3, -0.25) is 0 Å². The van der Waals surface area contributed by atoms with Crippen LogP contribution in [-0.2, 0) is 14.5 Å². The van der Waals surface area contributed by atoms with E-state index in [0.29, 0.717) is 0 Å². The summed E-state index contributed by atoms with van der Waals surface area (Å²) in [6, 6.07) is 0. The average Bonchev–Trinajstić information content (AvgIpc) is 2.42. The number of carboxylic acid groups (broad SMARTS) is 1. The van der Waals surface area contributed by atoms with E-state index in [1.165, 1.54) is 44.9 Å². The van der Waals surface area contributed by atoms with Gasteiger partial charge in [0.15, 0.2) is 0 Å². The fourth-order valence-corrected chi connectivity index (χ4v) is 1.84. The summed E-state index contributed by atoms with van der Waals surface area (Å²) in [6.07, 6.45) is 9.10. The molecule has 0 rings (SSSR count). The van der Waals surface area contributed by atoms with Crippen LogP contribution in [0.1, 0.15) is 71.1 Å². The van der Waals surface area contributed by atoms with E-state index in [4.69, 9.17) is 5.11 Å². The van der Waals surface area contributed by atoms with Gasteiger partial charge in [-0.2, -0.15) is 9.68 Å². The summed E-state index contributed by atoms with van der Waals surface area (Å²) in [7, 11) is 0. The van der Waals surface area contributed by atoms with Crippen molar-refractivity contribution in [1.29, 1.82) is 0 Å². The van der Waals surface area contributed by atoms with Crippen LogP contribution in [0, 0.1) is 0 Å². The lowest BCUT2D eigenvalue weighted by Crippen LogP contribution is -2.11. The molecule has 6 nitrogen and oxygen atoms in total. The molecule has 0 spiro atoms. The third-order valence-electron chi connectivity index (χ3n) is 2.90. The van der Waals surface area contributed by atoms with Gasteiger partial charge in [0.05, 0.1) is 6.61 Å². The van der Waals surface area contributed by atoms with Crippen LogP contribution in [0.4, 0.5) is 9.59 Å². The Morgan fingerprint density at radius 3 is 1.80 bits per heavy atom. The van der Waals surface area contributed by atoms with Crippen molar-refractivity contribution < 1.29 is 29.2 Å². The molecule has 0 bridgehead atoms. The molecular formula is C14H26O6. The molecule has 0 atom stereocenters. The Labute approximate surface area is 120 Å². The first-order chi connectivity index (χ1) is 9.66. The Morgan fingerprint density at radius 2 is 1.30 bits per heavy atom. The van der Waals surface area contributed by atoms with Crippen molar-refractivity contribution in [1.82, 2.24) is 0 Å². The Hall–Kier alpha value is -1.46. The second-order valence-corrected chi connectivity index (χ2v) is 4.71. The Bertz CT molecular complexity index is 254. The van der Waals surface area contributed by atoms with E-state index in [0.717, 1.165) is 19.3 Å². The highest BCUT2D eigenvalue weighted by Crippen LogP contribution is 2.10. The van der Waals surface area contributed by atoms with Gasteiger partial charge < -0.3 is 9.84 Å². The average molecular weight is 290 g/mol. The van der Waals surface area contributed by atoms with Gasteiger partial charge in [0.25, 0.3) is 0 Å². The molecule has 0 amide bonds. The SMILES string of the molecule is CCCCCCCCCCCCOC(=O)OOC(=O)O. The van der Waals surface area contributed by atoms with Crippen LogP contribution in [0.15, 0.2) is 0 Å². The van der Waals surface area contributed by atoms with Gasteiger partial charge in [-0.05, 0) is 6.42 Å². The molecule has 0 aromatic rings. The van der Waals surface area contributed by atoms with E-state index in [2.05, 4.69) is 21.4 Å². The van der Waals surface area contributed by atoms with Crippen molar-refractivity contribution >= 4 is 12.3 Å². The molecule has 20 heavy (non-hydrogen) atoms. The lowest BCUT2D eigenvalue weighted by atomic mass is 10.1. The summed E-state index contributed by atoms with van der Waals surface area (Å²) in [4.78, 5) is 28.1. The molecule has 0 unspecified atom stereocenters. The molecular weight excluding hydrogens is 264 g/mol. The maximum absolute atomic E-state index is 10.8. The van der Waals surface area contributed by atoms with E-state index in [9.17, 15) is 9.59 Å². The minimum absolute atomic E-state index is 0.221. The summed E-state index contributed by atoms with van der Waals surface area (Å²) < 4.78 is 4.61. The number of hydrogen-bond donors (Lipinski definition) is 1. The Kier molecular flexibility index (Phi) is 12.9. The number of ether oxygens (including phenoxy) is 1. The van der Waals surface area contributed by atoms with Gasteiger partial charge in [0, 0.05) is 0 Å². The lowest BCUT2D eigenvalue weighted by Gasteiger charge is -2.03. The Morgan fingerprint density at radius 1 is 0.800 bits per heavy atom. The second-order valence-electron chi connectivity index (χ2n) is 4.71. The normalized spacial score (nSPS) is 10.1. The summed E-state index contributed by atoms with van der Waals surface area (Å²) >= 11 is 0. The van der Waals surface area contributed by atoms with Crippen LogP contribution >= 0.6 is 0 Å². The van der Waals surface area contributed by atoms with Crippen molar-refractivity contribution in [2.45, 2.75) is 71.1 Å². The fourth-order valence-electron chi connectivity index (χ4n) is 1.84. The first kappa shape index (κ1) is 18.5. The number of hydrogen-bond acceptors (Lipinski definition) is 5. The molecule has 0 heterocycles. The third-order valence-corrected chi connectivity index (χ3v) is 2.90. The van der Waals surface area contributed by atoms with Gasteiger partial charge in [-0.15, -0.1) is 0 Å². The molecule has 0 aliphatic heterocycles. The zero-order chi connectivity index (χ0) is 15.1. The zero-order valence-electron chi connectivity index (χ0n) is 12.3. The first-order valence-corrected chi connectivity index (χ1v) is 7.41. The van der Waals surface area contributed by atoms with Crippen LogP contribution < -0.4 is 0 Å². The zero-order valence-corrected chi connectivity index (χ0v) is 12.3. The number of rotatable bonds is 11. The van der Waals surface area contributed by atoms with Crippen LogP contribution in [0.2, 0.25) is 0 Å². The highest BCUT2D eigenvalue weighted by atomic mass is 17.3. The van der Waals surface area contributed by atoms with Gasteiger partial charge in [-0.25, -0.2) is 9.68 Å². The highest BCUT2D eigenvalue weighted by Gasteiger charge is 2.08. The first-order valence-electron chi connectivity index (χ1n) is 7.41. The van der Waals surface area contributed by atoms with Crippen LogP contribution in [0.3, 0.4) is 0 Å². The molecule has 0 aromatic carbocycles. The molecule has 6 heteroatoms. The van der Waals surface area contributed by atoms with E-state index in [1.807, 2.05) is 0 Å². The van der Waals surface area contributed by atoms with Crippen molar-refractivity contribution in [2.75, 3.05) is 6.61 Å². The molecule has 0 aliphatic carbocycles. The van der Waals surface area contributed by atoms with Crippen molar-refractivity contribution in [3.05, 3.63) is 0 Å². The molecule has 0 radical (unpaired) electrons. The summed E-state index contributed by atoms with van der Waals surface area (Å²) in [5.41, 5.74) is 0. The fraction of sp³-hybridized carbons (Fsp3) is 0.857. The molecule has 0 saturated heterocycles. The van der Waals surface area contributed by atoms with E-state index >= 15 is 0 Å². The third kappa shape index (κ3) is 14.6. The van der Waals surface area contributed by atoms with Gasteiger partial charge in [0.2, 0.25) is 0 Å². The lowest BCUT2D eigenvalue weighted by molar-refractivity contribution is -0.213. The van der Waals surface area contributed by atoms with Crippen LogP contribution in [0.25, 0.3) is 0 Å². The Balaban J connectivity index is 3.12. The van der Waals surface area contributed by atoms with Crippen LogP contribution in [0.5, 0.6) is 0 Å². The van der Waals surface area contributed by atoms with Gasteiger partial charge in [-0.1, -0.05) is 64.7 Å². The van der Waals surface area contributed by atoms with E-state index < -0.39 is 12.3 Å². The second kappa shape index (κ2) is 14.0. The predicted octanol–water partition coefficient (Wildman–Crippen LogP) is 4.67. The van der Waals surface area contributed by atoms with Crippen molar-refractivity contribution in [3.63, 3.8) is 0 Å². The smallest absolute Gasteiger partial charge is 0.447 e. The minimum Gasteiger partial charge on any atom is -0.447 e. The van der Waals surface area contributed by atoms with E-state index in [1.54, 1.807) is 0 Å². The predicted molar refractivity (Wildman–Crippen MR) is 73.4 cm³/mol. The van der Waals surface area contributed by atoms with E-state index in [-0.39, 0.29) is 6.61 Å². The molecule has 118 valence electrons. The van der Waals surface area contributed by atoms with Gasteiger partial charge in [0.1, 0.15) is 0 Å². The maximum Gasteiger partial charge on any atom is 0.549 e. The summed E-state index contributed by atoms with van der Waals surface area (Å²) in [6.45, 7) is 2.43. The quantitative estimate of drug-likeness (QED) is 0.258. The van der Waals surface area contributed by atoms with Crippen molar-refractivity contribution in [3.8, 4) is 0 Å². The highest BCUT2D eigenvalue weighted by molar-refractivity contribution is 5.62. The molecule has 0 fully saturated rings.